The number of benzene rings is 1. The van der Waals surface area contributed by atoms with Crippen LogP contribution >= 0.6 is 0 Å². The summed E-state index contributed by atoms with van der Waals surface area (Å²) in [6.45, 7) is 5.90. The lowest BCUT2D eigenvalue weighted by molar-refractivity contribution is -0.117. The van der Waals surface area contributed by atoms with Crippen LogP contribution in [0.5, 0.6) is 0 Å². The largest absolute Gasteiger partial charge is 0.339 e. The molecule has 0 spiro atoms. The van der Waals surface area contributed by atoms with Gasteiger partial charge >= 0.3 is 0 Å². The van der Waals surface area contributed by atoms with E-state index in [1.165, 1.54) is 0 Å². The van der Waals surface area contributed by atoms with E-state index in [0.29, 0.717) is 17.2 Å². The van der Waals surface area contributed by atoms with Crippen molar-refractivity contribution < 1.29 is 14.0 Å². The average molecular weight is 347 g/mol. The number of halogens is 1. The first-order valence-corrected chi connectivity index (χ1v) is 9.02. The number of carbonyl (C=O) groups is 2. The first kappa shape index (κ1) is 17.9. The number of amides is 2. The Labute approximate surface area is 148 Å². The van der Waals surface area contributed by atoms with Gasteiger partial charge in [-0.25, -0.2) is 4.39 Å². The molecule has 0 unspecified atom stereocenters. The van der Waals surface area contributed by atoms with E-state index in [1.54, 1.807) is 12.1 Å². The molecular formula is C19H26FN3O2. The molecule has 3 rings (SSSR count). The second-order valence-electron chi connectivity index (χ2n) is 7.29. The van der Waals surface area contributed by atoms with Gasteiger partial charge in [-0.05, 0) is 49.4 Å². The summed E-state index contributed by atoms with van der Waals surface area (Å²) >= 11 is 0. The number of nitrogens with one attached hydrogen (secondary N) is 2. The van der Waals surface area contributed by atoms with Crippen LogP contribution in [0.15, 0.2) is 18.2 Å². The molecule has 2 amide bonds. The molecule has 2 saturated heterocycles. The zero-order valence-corrected chi connectivity index (χ0v) is 14.8. The summed E-state index contributed by atoms with van der Waals surface area (Å²) in [6, 6.07) is 4.83. The molecule has 25 heavy (non-hydrogen) atoms. The number of likely N-dealkylation sites (tertiary alicyclic amines) is 1. The van der Waals surface area contributed by atoms with Crippen LogP contribution in [0.1, 0.15) is 42.1 Å². The van der Waals surface area contributed by atoms with Crippen LogP contribution in [0, 0.1) is 12.8 Å². The number of alkyl halides is 1. The Kier molecular flexibility index (Phi) is 5.37. The van der Waals surface area contributed by atoms with Crippen molar-refractivity contribution in [3.05, 3.63) is 29.3 Å². The maximum atomic E-state index is 13.2. The molecule has 2 atom stereocenters. The highest BCUT2D eigenvalue weighted by atomic mass is 19.1. The van der Waals surface area contributed by atoms with E-state index < -0.39 is 12.2 Å². The Morgan fingerprint density at radius 2 is 2.00 bits per heavy atom. The first-order valence-electron chi connectivity index (χ1n) is 9.02. The van der Waals surface area contributed by atoms with Crippen molar-refractivity contribution in [1.82, 2.24) is 10.2 Å². The minimum absolute atomic E-state index is 0.0469. The van der Waals surface area contributed by atoms with Crippen LogP contribution in [0.2, 0.25) is 0 Å². The molecule has 2 heterocycles. The Hall–Kier alpha value is -1.95. The number of anilines is 1. The van der Waals surface area contributed by atoms with Crippen molar-refractivity contribution in [2.75, 3.05) is 25.0 Å². The predicted octanol–water partition coefficient (Wildman–Crippen LogP) is 2.51. The second kappa shape index (κ2) is 7.52. The van der Waals surface area contributed by atoms with Crippen molar-refractivity contribution in [1.29, 1.82) is 0 Å². The van der Waals surface area contributed by atoms with Crippen molar-refractivity contribution in [3.63, 3.8) is 0 Å². The molecule has 1 aromatic carbocycles. The van der Waals surface area contributed by atoms with Gasteiger partial charge < -0.3 is 15.5 Å². The predicted molar refractivity (Wildman–Crippen MR) is 95.4 cm³/mol. The number of aryl methyl sites for hydroxylation is 1. The molecule has 0 radical (unpaired) electrons. The van der Waals surface area contributed by atoms with Crippen LogP contribution < -0.4 is 10.6 Å². The highest BCUT2D eigenvalue weighted by Gasteiger charge is 2.29. The van der Waals surface area contributed by atoms with Gasteiger partial charge in [-0.3, -0.25) is 9.59 Å². The van der Waals surface area contributed by atoms with Crippen LogP contribution in [-0.2, 0) is 4.79 Å². The van der Waals surface area contributed by atoms with Gasteiger partial charge in [0, 0.05) is 37.3 Å². The monoisotopic (exact) mass is 347 g/mol. The van der Waals surface area contributed by atoms with Crippen molar-refractivity contribution in [2.24, 2.45) is 5.92 Å². The molecule has 0 aliphatic carbocycles. The molecule has 2 aliphatic heterocycles. The summed E-state index contributed by atoms with van der Waals surface area (Å²) < 4.78 is 13.2. The standard InChI is InChI=1S/C19H26FN3O2/c1-12-5-7-23(8-6-12)19(25)14-3-4-16(13(2)9-14)22-18(24)17-10-15(20)11-21-17/h3-4,9,12,15,17,21H,5-8,10-11H2,1-2H3,(H,22,24)/t15-,17+/m0/s1. The number of nitrogens with zero attached hydrogens (tertiary/aromatic N) is 1. The zero-order valence-electron chi connectivity index (χ0n) is 14.8. The highest BCUT2D eigenvalue weighted by Crippen LogP contribution is 2.22. The number of hydrogen-bond donors (Lipinski definition) is 2. The quantitative estimate of drug-likeness (QED) is 0.883. The summed E-state index contributed by atoms with van der Waals surface area (Å²) in [6.07, 6.45) is 1.32. The van der Waals surface area contributed by atoms with Crippen molar-refractivity contribution >= 4 is 17.5 Å². The van der Waals surface area contributed by atoms with Gasteiger partial charge in [0.05, 0.1) is 6.04 Å². The van der Waals surface area contributed by atoms with Gasteiger partial charge in [0.2, 0.25) is 5.91 Å². The molecule has 0 aromatic heterocycles. The van der Waals surface area contributed by atoms with Crippen LogP contribution in [0.4, 0.5) is 10.1 Å². The Bertz CT molecular complexity index is 656. The Morgan fingerprint density at radius 3 is 2.60 bits per heavy atom. The van der Waals surface area contributed by atoms with E-state index in [2.05, 4.69) is 17.6 Å². The normalized spacial score (nSPS) is 24.4. The van der Waals surface area contributed by atoms with E-state index >= 15 is 0 Å². The Morgan fingerprint density at radius 1 is 1.28 bits per heavy atom. The number of rotatable bonds is 3. The second-order valence-corrected chi connectivity index (χ2v) is 7.29. The van der Waals surface area contributed by atoms with Gasteiger partial charge in [-0.15, -0.1) is 0 Å². The van der Waals surface area contributed by atoms with E-state index in [1.807, 2.05) is 17.9 Å². The summed E-state index contributed by atoms with van der Waals surface area (Å²) in [5.74, 6) is 0.495. The van der Waals surface area contributed by atoms with E-state index in [9.17, 15) is 14.0 Å². The fourth-order valence-corrected chi connectivity index (χ4v) is 3.44. The van der Waals surface area contributed by atoms with Gasteiger partial charge in [0.15, 0.2) is 0 Å². The minimum Gasteiger partial charge on any atom is -0.339 e. The number of carbonyl (C=O) groups excluding carboxylic acids is 2. The number of hydrogen-bond acceptors (Lipinski definition) is 3. The summed E-state index contributed by atoms with van der Waals surface area (Å²) in [5.41, 5.74) is 2.14. The third kappa shape index (κ3) is 4.18. The minimum atomic E-state index is -0.968. The Balaban J connectivity index is 1.64. The van der Waals surface area contributed by atoms with Crippen molar-refractivity contribution in [2.45, 2.75) is 45.3 Å². The highest BCUT2D eigenvalue weighted by molar-refractivity contribution is 5.98. The van der Waals surface area contributed by atoms with Crippen molar-refractivity contribution in [3.8, 4) is 0 Å². The van der Waals surface area contributed by atoms with Gasteiger partial charge in [-0.2, -0.15) is 0 Å². The molecule has 5 nitrogen and oxygen atoms in total. The third-order valence-corrected chi connectivity index (χ3v) is 5.20. The average Bonchev–Trinajstić information content (AvgIpc) is 3.03. The van der Waals surface area contributed by atoms with Gasteiger partial charge in [0.25, 0.3) is 5.91 Å². The molecular weight excluding hydrogens is 321 g/mol. The van der Waals surface area contributed by atoms with Crippen LogP contribution in [0.3, 0.4) is 0 Å². The summed E-state index contributed by atoms with van der Waals surface area (Å²) in [7, 11) is 0. The smallest absolute Gasteiger partial charge is 0.253 e. The van der Waals surface area contributed by atoms with Crippen LogP contribution in [0.25, 0.3) is 0 Å². The molecule has 0 saturated carbocycles. The summed E-state index contributed by atoms with van der Waals surface area (Å²) in [4.78, 5) is 26.7. The maximum Gasteiger partial charge on any atom is 0.253 e. The fourth-order valence-electron chi connectivity index (χ4n) is 3.44. The molecule has 0 bridgehead atoms. The molecule has 1 aromatic rings. The van der Waals surface area contributed by atoms with Gasteiger partial charge in [0.1, 0.15) is 6.17 Å². The van der Waals surface area contributed by atoms with E-state index in [4.69, 9.17) is 0 Å². The fraction of sp³-hybridized carbons (Fsp3) is 0.579. The first-order chi connectivity index (χ1) is 11.9. The van der Waals surface area contributed by atoms with E-state index in [0.717, 1.165) is 31.5 Å². The van der Waals surface area contributed by atoms with Crippen LogP contribution in [-0.4, -0.2) is 48.6 Å². The lowest BCUT2D eigenvalue weighted by Crippen LogP contribution is -2.38. The lowest BCUT2D eigenvalue weighted by atomic mass is 9.98. The number of piperidine rings is 1. The summed E-state index contributed by atoms with van der Waals surface area (Å²) in [5, 5.41) is 5.71. The lowest BCUT2D eigenvalue weighted by Gasteiger charge is -2.30. The third-order valence-electron chi connectivity index (χ3n) is 5.20. The maximum absolute atomic E-state index is 13.2. The van der Waals surface area contributed by atoms with E-state index in [-0.39, 0.29) is 24.8 Å². The molecule has 2 N–H and O–H groups in total. The molecule has 136 valence electrons. The van der Waals surface area contributed by atoms with Gasteiger partial charge in [-0.1, -0.05) is 6.92 Å². The molecule has 2 aliphatic rings. The SMILES string of the molecule is Cc1cc(C(=O)N2CCC(C)CC2)ccc1NC(=O)[C@H]1C[C@H](F)CN1. The topological polar surface area (TPSA) is 61.4 Å². The molecule has 6 heteroatoms. The zero-order chi connectivity index (χ0) is 18.0. The molecule has 2 fully saturated rings.